The van der Waals surface area contributed by atoms with E-state index >= 15 is 0 Å². The molecule has 0 bridgehead atoms. The molecule has 0 aliphatic carbocycles. The van der Waals surface area contributed by atoms with E-state index in [1.807, 2.05) is 22.9 Å². The molecule has 5 nitrogen and oxygen atoms in total. The van der Waals surface area contributed by atoms with Crippen LogP contribution < -0.4 is 9.47 Å². The highest BCUT2D eigenvalue weighted by atomic mass is 16.5. The molecule has 0 unspecified atom stereocenters. The molecule has 0 spiro atoms. The van der Waals surface area contributed by atoms with Crippen LogP contribution in [0.25, 0.3) is 0 Å². The van der Waals surface area contributed by atoms with E-state index in [4.69, 9.17) is 9.47 Å². The third kappa shape index (κ3) is 4.37. The fourth-order valence-corrected chi connectivity index (χ4v) is 3.83. The van der Waals surface area contributed by atoms with Crippen LogP contribution in [0.3, 0.4) is 0 Å². The lowest BCUT2D eigenvalue weighted by atomic mass is 10.0. The molecular weight excluding hydrogens is 350 g/mol. The maximum Gasteiger partial charge on any atom is 0.165 e. The van der Waals surface area contributed by atoms with Gasteiger partial charge in [-0.25, -0.2) is 4.98 Å². The van der Waals surface area contributed by atoms with Crippen molar-refractivity contribution in [3.63, 3.8) is 0 Å². The molecule has 1 aliphatic heterocycles. The van der Waals surface area contributed by atoms with E-state index in [2.05, 4.69) is 40.2 Å². The van der Waals surface area contributed by atoms with Gasteiger partial charge in [-0.15, -0.1) is 0 Å². The molecule has 4 rings (SSSR count). The van der Waals surface area contributed by atoms with Crippen molar-refractivity contribution in [3.05, 3.63) is 77.9 Å². The first-order valence-corrected chi connectivity index (χ1v) is 9.87. The number of fused-ring (bicyclic) bond motifs is 1. The molecule has 0 saturated heterocycles. The molecular formula is C23H27N3O2. The summed E-state index contributed by atoms with van der Waals surface area (Å²) in [7, 11) is 1.70. The number of aromatic nitrogens is 2. The molecule has 0 N–H and O–H groups in total. The first-order chi connectivity index (χ1) is 13.8. The van der Waals surface area contributed by atoms with E-state index in [1.165, 1.54) is 23.1 Å². The Balaban J connectivity index is 1.49. The lowest BCUT2D eigenvalue weighted by molar-refractivity contribution is 0.243. The minimum Gasteiger partial charge on any atom is -0.493 e. The van der Waals surface area contributed by atoms with Crippen molar-refractivity contribution in [2.24, 2.45) is 0 Å². The van der Waals surface area contributed by atoms with Gasteiger partial charge in [-0.05, 0) is 36.6 Å². The summed E-state index contributed by atoms with van der Waals surface area (Å²) >= 11 is 0. The molecule has 5 heteroatoms. The van der Waals surface area contributed by atoms with Crippen molar-refractivity contribution in [1.29, 1.82) is 0 Å². The highest BCUT2D eigenvalue weighted by Gasteiger charge is 2.18. The lowest BCUT2D eigenvalue weighted by Crippen LogP contribution is -2.23. The number of benzene rings is 2. The SMILES string of the molecule is COc1cccc(CN2CCCc3ccccc3C2)c1OCCn1ccnc1. The first-order valence-electron chi connectivity index (χ1n) is 9.87. The molecule has 1 aromatic heterocycles. The van der Waals surface area contributed by atoms with Gasteiger partial charge in [0.2, 0.25) is 0 Å². The molecule has 146 valence electrons. The molecule has 3 aromatic rings. The van der Waals surface area contributed by atoms with E-state index in [0.29, 0.717) is 6.61 Å². The molecule has 2 aromatic carbocycles. The summed E-state index contributed by atoms with van der Waals surface area (Å²) in [5.74, 6) is 1.64. The van der Waals surface area contributed by atoms with E-state index < -0.39 is 0 Å². The predicted molar refractivity (Wildman–Crippen MR) is 110 cm³/mol. The average molecular weight is 377 g/mol. The van der Waals surface area contributed by atoms with Crippen LogP contribution in [0.5, 0.6) is 11.5 Å². The number of aryl methyl sites for hydroxylation is 1. The lowest BCUT2D eigenvalue weighted by Gasteiger charge is -2.23. The molecule has 0 fully saturated rings. The summed E-state index contributed by atoms with van der Waals surface area (Å²) in [6.07, 6.45) is 7.87. The normalized spacial score (nSPS) is 14.3. The van der Waals surface area contributed by atoms with Crippen molar-refractivity contribution in [3.8, 4) is 11.5 Å². The standard InChI is InChI=1S/C23H27N3O2/c1-27-22-10-4-8-21(23(22)28-15-14-25-13-11-24-18-25)17-26-12-5-9-19-6-2-3-7-20(19)16-26/h2-4,6-8,10-11,13,18H,5,9,12,14-17H2,1H3. The van der Waals surface area contributed by atoms with E-state index in [9.17, 15) is 0 Å². The van der Waals surface area contributed by atoms with Crippen molar-refractivity contribution < 1.29 is 9.47 Å². The van der Waals surface area contributed by atoms with Crippen molar-refractivity contribution >= 4 is 0 Å². The second-order valence-electron chi connectivity index (χ2n) is 7.18. The van der Waals surface area contributed by atoms with Crippen LogP contribution in [0.15, 0.2) is 61.2 Å². The van der Waals surface area contributed by atoms with Gasteiger partial charge in [0, 0.05) is 31.0 Å². The topological polar surface area (TPSA) is 39.5 Å². The summed E-state index contributed by atoms with van der Waals surface area (Å²) in [6.45, 7) is 4.25. The fraction of sp³-hybridized carbons (Fsp3) is 0.348. The summed E-state index contributed by atoms with van der Waals surface area (Å²) in [5.41, 5.74) is 4.09. The second kappa shape index (κ2) is 8.93. The molecule has 28 heavy (non-hydrogen) atoms. The van der Waals surface area contributed by atoms with Crippen LogP contribution in [0.2, 0.25) is 0 Å². The van der Waals surface area contributed by atoms with Crippen LogP contribution >= 0.6 is 0 Å². The number of hydrogen-bond acceptors (Lipinski definition) is 4. The monoisotopic (exact) mass is 377 g/mol. The third-order valence-corrected chi connectivity index (χ3v) is 5.26. The van der Waals surface area contributed by atoms with Crippen LogP contribution in [0, 0.1) is 0 Å². The molecule has 1 aliphatic rings. The number of para-hydroxylation sites is 1. The second-order valence-corrected chi connectivity index (χ2v) is 7.18. The summed E-state index contributed by atoms with van der Waals surface area (Å²) in [6, 6.07) is 14.9. The van der Waals surface area contributed by atoms with Gasteiger partial charge >= 0.3 is 0 Å². The Morgan fingerprint density at radius 2 is 1.96 bits per heavy atom. The Bertz CT molecular complexity index is 893. The molecule has 2 heterocycles. The Kier molecular flexibility index (Phi) is 5.92. The summed E-state index contributed by atoms with van der Waals surface area (Å²) < 4.78 is 13.8. The first kappa shape index (κ1) is 18.6. The minimum atomic E-state index is 0.576. The number of hydrogen-bond donors (Lipinski definition) is 0. The highest BCUT2D eigenvalue weighted by molar-refractivity contribution is 5.46. The zero-order valence-electron chi connectivity index (χ0n) is 16.4. The van der Waals surface area contributed by atoms with Gasteiger partial charge in [0.05, 0.1) is 20.0 Å². The van der Waals surface area contributed by atoms with Crippen LogP contribution in [-0.4, -0.2) is 34.7 Å². The van der Waals surface area contributed by atoms with Gasteiger partial charge in [0.1, 0.15) is 6.61 Å². The minimum absolute atomic E-state index is 0.576. The van der Waals surface area contributed by atoms with Crippen molar-refractivity contribution in [2.45, 2.75) is 32.5 Å². The van der Waals surface area contributed by atoms with Gasteiger partial charge in [0.15, 0.2) is 11.5 Å². The van der Waals surface area contributed by atoms with Crippen LogP contribution in [0.1, 0.15) is 23.1 Å². The zero-order valence-corrected chi connectivity index (χ0v) is 16.4. The largest absolute Gasteiger partial charge is 0.493 e. The average Bonchev–Trinajstić information content (AvgIpc) is 3.15. The molecule has 0 atom stereocenters. The number of methoxy groups -OCH3 is 1. The Morgan fingerprint density at radius 3 is 2.79 bits per heavy atom. The summed E-state index contributed by atoms with van der Waals surface area (Å²) in [4.78, 5) is 6.58. The number of imidazole rings is 1. The van der Waals surface area contributed by atoms with E-state index in [1.54, 1.807) is 19.6 Å². The Labute approximate surface area is 166 Å². The maximum absolute atomic E-state index is 6.17. The molecule has 0 radical (unpaired) electrons. The van der Waals surface area contributed by atoms with Gasteiger partial charge < -0.3 is 14.0 Å². The van der Waals surface area contributed by atoms with Crippen LogP contribution in [-0.2, 0) is 26.1 Å². The molecule has 0 saturated carbocycles. The Hall–Kier alpha value is -2.79. The third-order valence-electron chi connectivity index (χ3n) is 5.26. The predicted octanol–water partition coefficient (Wildman–Crippen LogP) is 3.92. The summed E-state index contributed by atoms with van der Waals surface area (Å²) in [5, 5.41) is 0. The number of rotatable bonds is 7. The zero-order chi connectivity index (χ0) is 19.2. The fourth-order valence-electron chi connectivity index (χ4n) is 3.83. The smallest absolute Gasteiger partial charge is 0.165 e. The van der Waals surface area contributed by atoms with Crippen LogP contribution in [0.4, 0.5) is 0 Å². The quantitative estimate of drug-likeness (QED) is 0.626. The maximum atomic E-state index is 6.17. The van der Waals surface area contributed by atoms with Gasteiger partial charge in [0.25, 0.3) is 0 Å². The molecule has 0 amide bonds. The number of ether oxygens (including phenoxy) is 2. The van der Waals surface area contributed by atoms with E-state index in [-0.39, 0.29) is 0 Å². The van der Waals surface area contributed by atoms with E-state index in [0.717, 1.165) is 44.1 Å². The Morgan fingerprint density at radius 1 is 1.07 bits per heavy atom. The van der Waals surface area contributed by atoms with Crippen molar-refractivity contribution in [1.82, 2.24) is 14.5 Å². The van der Waals surface area contributed by atoms with Gasteiger partial charge in [-0.1, -0.05) is 36.4 Å². The van der Waals surface area contributed by atoms with Gasteiger partial charge in [-0.3, -0.25) is 4.90 Å². The number of nitrogens with zero attached hydrogens (tertiary/aromatic N) is 3. The van der Waals surface area contributed by atoms with Gasteiger partial charge in [-0.2, -0.15) is 0 Å². The van der Waals surface area contributed by atoms with Crippen molar-refractivity contribution in [2.75, 3.05) is 20.3 Å². The highest BCUT2D eigenvalue weighted by Crippen LogP contribution is 2.33.